The van der Waals surface area contributed by atoms with Crippen molar-refractivity contribution >= 4 is 18.7 Å². The summed E-state index contributed by atoms with van der Waals surface area (Å²) in [6.45, 7) is 12.8. The summed E-state index contributed by atoms with van der Waals surface area (Å²) in [4.78, 5) is 0. The molecule has 2 atom stereocenters. The summed E-state index contributed by atoms with van der Waals surface area (Å²) in [7, 11) is -2.46. The molecule has 1 N–H and O–H groups in total. The van der Waals surface area contributed by atoms with Gasteiger partial charge in [-0.1, -0.05) is 87.5 Å². The fourth-order valence-corrected chi connectivity index (χ4v) is 8.68. The number of hydrogen-bond donors (Lipinski definition) is 1. The molecule has 0 bridgehead atoms. The van der Waals surface area contributed by atoms with Crippen molar-refractivity contribution in [3.05, 3.63) is 73.3 Å². The van der Waals surface area contributed by atoms with Gasteiger partial charge in [0.05, 0.1) is 6.10 Å². The molecular formula is C22H29NOSi. The molecule has 132 valence electrons. The molecule has 2 nitrogen and oxygen atoms in total. The van der Waals surface area contributed by atoms with Crippen molar-refractivity contribution in [1.82, 2.24) is 5.32 Å². The van der Waals surface area contributed by atoms with Crippen LogP contribution in [0.1, 0.15) is 20.8 Å². The van der Waals surface area contributed by atoms with Crippen LogP contribution in [0.25, 0.3) is 0 Å². The molecule has 0 saturated carbocycles. The third-order valence-corrected chi connectivity index (χ3v) is 10.3. The van der Waals surface area contributed by atoms with Crippen molar-refractivity contribution in [1.29, 1.82) is 0 Å². The lowest BCUT2D eigenvalue weighted by Crippen LogP contribution is -2.68. The Morgan fingerprint density at radius 2 is 1.48 bits per heavy atom. The third-order valence-electron chi connectivity index (χ3n) is 5.25. The minimum atomic E-state index is -2.46. The van der Waals surface area contributed by atoms with E-state index in [1.807, 2.05) is 6.08 Å². The molecular weight excluding hydrogens is 322 g/mol. The Hall–Kier alpha value is -1.68. The number of hydrogen-bond acceptors (Lipinski definition) is 2. The van der Waals surface area contributed by atoms with E-state index in [0.717, 1.165) is 13.1 Å². The average molecular weight is 352 g/mol. The molecule has 1 saturated heterocycles. The van der Waals surface area contributed by atoms with Crippen molar-refractivity contribution in [3.63, 3.8) is 0 Å². The van der Waals surface area contributed by atoms with Gasteiger partial charge in [-0.3, -0.25) is 0 Å². The fourth-order valence-electron chi connectivity index (χ4n) is 3.96. The summed E-state index contributed by atoms with van der Waals surface area (Å²) in [6.07, 6.45) is 2.21. The maximum Gasteiger partial charge on any atom is 0.261 e. The van der Waals surface area contributed by atoms with Crippen LogP contribution in [-0.4, -0.2) is 27.5 Å². The van der Waals surface area contributed by atoms with E-state index in [1.165, 1.54) is 10.4 Å². The molecule has 25 heavy (non-hydrogen) atoms. The van der Waals surface area contributed by atoms with Gasteiger partial charge in [0.15, 0.2) is 0 Å². The van der Waals surface area contributed by atoms with Crippen LogP contribution in [0.3, 0.4) is 0 Å². The molecule has 1 aliphatic rings. The Morgan fingerprint density at radius 3 is 1.92 bits per heavy atom. The van der Waals surface area contributed by atoms with E-state index in [1.54, 1.807) is 0 Å². The van der Waals surface area contributed by atoms with Gasteiger partial charge >= 0.3 is 0 Å². The molecule has 0 spiro atoms. The Balaban J connectivity index is 2.17. The van der Waals surface area contributed by atoms with Gasteiger partial charge in [0, 0.05) is 19.0 Å². The summed E-state index contributed by atoms with van der Waals surface area (Å²) in [5.41, 5.74) is 0. The summed E-state index contributed by atoms with van der Waals surface area (Å²) in [6, 6.07) is 21.7. The second-order valence-corrected chi connectivity index (χ2v) is 12.1. The van der Waals surface area contributed by atoms with Crippen molar-refractivity contribution in [2.45, 2.75) is 31.9 Å². The quantitative estimate of drug-likeness (QED) is 0.659. The maximum atomic E-state index is 7.14. The molecule has 0 aromatic heterocycles. The van der Waals surface area contributed by atoms with Gasteiger partial charge in [-0.25, -0.2) is 0 Å². The predicted octanol–water partition coefficient (Wildman–Crippen LogP) is 3.34. The van der Waals surface area contributed by atoms with Gasteiger partial charge in [0.2, 0.25) is 0 Å². The monoisotopic (exact) mass is 351 g/mol. The van der Waals surface area contributed by atoms with Gasteiger partial charge in [-0.05, 0) is 15.4 Å². The molecule has 1 fully saturated rings. The molecule has 2 aromatic rings. The van der Waals surface area contributed by atoms with Crippen LogP contribution in [0.4, 0.5) is 0 Å². The van der Waals surface area contributed by atoms with Crippen LogP contribution in [-0.2, 0) is 4.43 Å². The third kappa shape index (κ3) is 3.37. The first-order chi connectivity index (χ1) is 12.0. The minimum Gasteiger partial charge on any atom is -0.403 e. The molecule has 1 aliphatic heterocycles. The van der Waals surface area contributed by atoms with Crippen molar-refractivity contribution in [2.24, 2.45) is 5.92 Å². The topological polar surface area (TPSA) is 21.3 Å². The zero-order valence-electron chi connectivity index (χ0n) is 15.5. The van der Waals surface area contributed by atoms with Crippen LogP contribution in [0.15, 0.2) is 73.3 Å². The first-order valence-corrected chi connectivity index (χ1v) is 11.0. The summed E-state index contributed by atoms with van der Waals surface area (Å²) in [5, 5.41) is 6.17. The maximum absolute atomic E-state index is 7.14. The minimum absolute atomic E-state index is 0.0179. The van der Waals surface area contributed by atoms with E-state index in [4.69, 9.17) is 4.43 Å². The normalized spacial score (nSPS) is 21.2. The molecule has 3 heteroatoms. The first-order valence-electron chi connectivity index (χ1n) is 9.11. The Bertz CT molecular complexity index is 653. The van der Waals surface area contributed by atoms with Gasteiger partial charge in [-0.2, -0.15) is 0 Å². The molecule has 0 radical (unpaired) electrons. The van der Waals surface area contributed by atoms with Gasteiger partial charge in [0.1, 0.15) is 0 Å². The van der Waals surface area contributed by atoms with Crippen molar-refractivity contribution in [3.8, 4) is 0 Å². The smallest absolute Gasteiger partial charge is 0.261 e. The molecule has 2 unspecified atom stereocenters. The Kier molecular flexibility index (Phi) is 5.28. The van der Waals surface area contributed by atoms with E-state index < -0.39 is 8.32 Å². The number of nitrogens with one attached hydrogen (secondary N) is 1. The lowest BCUT2D eigenvalue weighted by molar-refractivity contribution is 0.180. The van der Waals surface area contributed by atoms with Gasteiger partial charge in [0.25, 0.3) is 8.32 Å². The number of rotatable bonds is 5. The van der Waals surface area contributed by atoms with Crippen LogP contribution in [0.2, 0.25) is 5.04 Å². The largest absolute Gasteiger partial charge is 0.403 e. The molecule has 0 amide bonds. The van der Waals surface area contributed by atoms with Crippen LogP contribution in [0.5, 0.6) is 0 Å². The predicted molar refractivity (Wildman–Crippen MR) is 109 cm³/mol. The average Bonchev–Trinajstić information content (AvgIpc) is 3.07. The van der Waals surface area contributed by atoms with E-state index in [-0.39, 0.29) is 11.1 Å². The molecule has 3 rings (SSSR count). The van der Waals surface area contributed by atoms with Gasteiger partial charge in [-0.15, -0.1) is 6.58 Å². The van der Waals surface area contributed by atoms with Crippen LogP contribution >= 0.6 is 0 Å². The SMILES string of the molecule is C=CC1CNCC1O[Si](c1ccccc1)(c1ccccc1)C(C)(C)C. The zero-order valence-corrected chi connectivity index (χ0v) is 16.5. The molecule has 2 aromatic carbocycles. The van der Waals surface area contributed by atoms with Crippen LogP contribution in [0, 0.1) is 5.92 Å². The van der Waals surface area contributed by atoms with E-state index in [0.29, 0.717) is 5.92 Å². The first kappa shape index (κ1) is 18.1. The van der Waals surface area contributed by atoms with Gasteiger partial charge < -0.3 is 9.74 Å². The highest BCUT2D eigenvalue weighted by atomic mass is 28.4. The lowest BCUT2D eigenvalue weighted by Gasteiger charge is -2.45. The summed E-state index contributed by atoms with van der Waals surface area (Å²) in [5.74, 6) is 0.363. The summed E-state index contributed by atoms with van der Waals surface area (Å²) < 4.78 is 7.14. The van der Waals surface area contributed by atoms with Crippen molar-refractivity contribution in [2.75, 3.05) is 13.1 Å². The van der Waals surface area contributed by atoms with E-state index in [9.17, 15) is 0 Å². The van der Waals surface area contributed by atoms with E-state index >= 15 is 0 Å². The number of benzene rings is 2. The Morgan fingerprint density at radius 1 is 0.960 bits per heavy atom. The highest BCUT2D eigenvalue weighted by molar-refractivity contribution is 6.99. The second kappa shape index (κ2) is 7.28. The standard InChI is InChI=1S/C22H29NOSi/c1-5-18-16-23-17-21(18)24-25(22(2,3)4,19-12-8-6-9-13-19)20-14-10-7-11-15-20/h5-15,18,21,23H,1,16-17H2,2-4H3. The lowest BCUT2D eigenvalue weighted by atomic mass is 10.1. The van der Waals surface area contributed by atoms with Crippen LogP contribution < -0.4 is 15.7 Å². The second-order valence-electron chi connectivity index (χ2n) is 7.88. The zero-order chi connectivity index (χ0) is 17.9. The highest BCUT2D eigenvalue weighted by Gasteiger charge is 2.52. The fraction of sp³-hybridized carbons (Fsp3) is 0.364. The Labute approximate surface area is 153 Å². The highest BCUT2D eigenvalue weighted by Crippen LogP contribution is 2.38. The molecule has 0 aliphatic carbocycles. The van der Waals surface area contributed by atoms with Crippen molar-refractivity contribution < 1.29 is 4.43 Å². The van der Waals surface area contributed by atoms with E-state index in [2.05, 4.69) is 93.3 Å². The molecule has 1 heterocycles. The summed E-state index contributed by atoms with van der Waals surface area (Å²) >= 11 is 0.